The van der Waals surface area contributed by atoms with Crippen LogP contribution in [-0.4, -0.2) is 13.7 Å². The Kier molecular flexibility index (Phi) is 5.38. The Bertz CT molecular complexity index is 3090. The Balaban J connectivity index is 1.35. The minimum atomic E-state index is 1.15. The standard InChI is InChI=1S/C46H29N3/c1-3-15-30(16-4-1)47-39-24-12-9-19-33(39)38-29-32(27-28-42(38)47)49-41-26-14-11-23-37(41)44-45(49)35-21-8-7-20-34(35)43-36-22-10-13-25-40(36)48(46(43)44)31-17-5-2-6-18-31/h1-29H. The van der Waals surface area contributed by atoms with Gasteiger partial charge in [0.25, 0.3) is 0 Å². The van der Waals surface area contributed by atoms with Crippen LogP contribution in [0, 0.1) is 0 Å². The molecule has 0 aliphatic carbocycles. The number of benzene rings is 8. The van der Waals surface area contributed by atoms with E-state index >= 15 is 0 Å². The van der Waals surface area contributed by atoms with E-state index in [1.54, 1.807) is 0 Å². The van der Waals surface area contributed by atoms with Crippen molar-refractivity contribution in [1.82, 2.24) is 13.7 Å². The molecular formula is C46H29N3. The molecule has 11 aromatic rings. The molecule has 49 heavy (non-hydrogen) atoms. The van der Waals surface area contributed by atoms with Crippen molar-refractivity contribution < 1.29 is 0 Å². The number of nitrogens with zero attached hydrogens (tertiary/aromatic N) is 3. The molecule has 0 saturated carbocycles. The summed E-state index contributed by atoms with van der Waals surface area (Å²) < 4.78 is 7.37. The van der Waals surface area contributed by atoms with Gasteiger partial charge >= 0.3 is 0 Å². The predicted octanol–water partition coefficient (Wildman–Crippen LogP) is 12.1. The fourth-order valence-corrected chi connectivity index (χ4v) is 8.46. The van der Waals surface area contributed by atoms with Gasteiger partial charge in [-0.15, -0.1) is 0 Å². The zero-order chi connectivity index (χ0) is 32.1. The Hall–Kier alpha value is -6.58. The third-order valence-corrected chi connectivity index (χ3v) is 10.4. The molecule has 0 radical (unpaired) electrons. The fourth-order valence-electron chi connectivity index (χ4n) is 8.46. The molecule has 0 bridgehead atoms. The summed E-state index contributed by atoms with van der Waals surface area (Å²) in [5, 5.41) is 10.1. The molecule has 228 valence electrons. The van der Waals surface area contributed by atoms with Gasteiger partial charge in [-0.05, 0) is 66.0 Å². The molecular weight excluding hydrogens is 595 g/mol. The molecule has 0 amide bonds. The maximum absolute atomic E-state index is 2.51. The van der Waals surface area contributed by atoms with Gasteiger partial charge in [-0.1, -0.05) is 115 Å². The Labute approximate surface area is 282 Å². The minimum absolute atomic E-state index is 1.15. The summed E-state index contributed by atoms with van der Waals surface area (Å²) in [6.07, 6.45) is 0. The minimum Gasteiger partial charge on any atom is -0.309 e. The van der Waals surface area contributed by atoms with Crippen LogP contribution in [0.25, 0.3) is 93.3 Å². The van der Waals surface area contributed by atoms with Gasteiger partial charge in [0.1, 0.15) is 0 Å². The van der Waals surface area contributed by atoms with E-state index in [0.717, 1.165) is 11.4 Å². The monoisotopic (exact) mass is 623 g/mol. The maximum atomic E-state index is 2.51. The molecule has 0 spiro atoms. The number of fused-ring (bicyclic) bond motifs is 13. The summed E-state index contributed by atoms with van der Waals surface area (Å²) in [6, 6.07) is 64.1. The molecule has 3 heterocycles. The molecule has 11 rings (SSSR count). The second-order valence-corrected chi connectivity index (χ2v) is 12.9. The van der Waals surface area contributed by atoms with Gasteiger partial charge in [0, 0.05) is 54.8 Å². The molecule has 0 fully saturated rings. The highest BCUT2D eigenvalue weighted by atomic mass is 15.0. The van der Waals surface area contributed by atoms with Gasteiger partial charge in [0.15, 0.2) is 0 Å². The number of para-hydroxylation sites is 5. The summed E-state index contributed by atoms with van der Waals surface area (Å²) in [5.41, 5.74) is 10.8. The lowest BCUT2D eigenvalue weighted by Crippen LogP contribution is -1.97. The molecule has 0 unspecified atom stereocenters. The molecule has 3 heteroatoms. The average molecular weight is 624 g/mol. The van der Waals surface area contributed by atoms with Crippen molar-refractivity contribution in [2.24, 2.45) is 0 Å². The molecule has 3 aromatic heterocycles. The lowest BCUT2D eigenvalue weighted by Gasteiger charge is -2.13. The van der Waals surface area contributed by atoms with E-state index in [1.807, 2.05) is 0 Å². The van der Waals surface area contributed by atoms with E-state index in [4.69, 9.17) is 0 Å². The van der Waals surface area contributed by atoms with E-state index < -0.39 is 0 Å². The lowest BCUT2D eigenvalue weighted by atomic mass is 9.99. The van der Waals surface area contributed by atoms with Crippen LogP contribution in [0.3, 0.4) is 0 Å². The van der Waals surface area contributed by atoms with Crippen LogP contribution in [-0.2, 0) is 0 Å². The molecule has 0 aliphatic rings. The first-order valence-corrected chi connectivity index (χ1v) is 16.9. The van der Waals surface area contributed by atoms with Crippen molar-refractivity contribution >= 4 is 76.2 Å². The van der Waals surface area contributed by atoms with E-state index in [1.165, 1.54) is 81.9 Å². The Morgan fingerprint density at radius 1 is 0.245 bits per heavy atom. The SMILES string of the molecule is c1ccc(-n2c3ccccc3c3cc(-n4c5ccccc5c5c4c4ccccc4c4c6ccccc6n(-c6ccccc6)c45)ccc32)cc1. The van der Waals surface area contributed by atoms with Crippen molar-refractivity contribution in [3.05, 3.63) is 176 Å². The van der Waals surface area contributed by atoms with Crippen LogP contribution in [0.15, 0.2) is 176 Å². The van der Waals surface area contributed by atoms with Crippen molar-refractivity contribution in [3.8, 4) is 17.1 Å². The van der Waals surface area contributed by atoms with E-state index in [-0.39, 0.29) is 0 Å². The number of hydrogen-bond acceptors (Lipinski definition) is 0. The van der Waals surface area contributed by atoms with Crippen molar-refractivity contribution in [3.63, 3.8) is 0 Å². The molecule has 3 nitrogen and oxygen atoms in total. The van der Waals surface area contributed by atoms with Crippen LogP contribution in [0.1, 0.15) is 0 Å². The van der Waals surface area contributed by atoms with Crippen molar-refractivity contribution in [1.29, 1.82) is 0 Å². The highest BCUT2D eigenvalue weighted by Crippen LogP contribution is 2.47. The molecule has 0 aliphatic heterocycles. The van der Waals surface area contributed by atoms with Gasteiger partial charge in [-0.3, -0.25) is 0 Å². The maximum Gasteiger partial charge on any atom is 0.0647 e. The zero-order valence-electron chi connectivity index (χ0n) is 26.6. The number of aromatic nitrogens is 3. The number of hydrogen-bond donors (Lipinski definition) is 0. The third-order valence-electron chi connectivity index (χ3n) is 10.4. The van der Waals surface area contributed by atoms with Gasteiger partial charge in [0.2, 0.25) is 0 Å². The summed E-state index contributed by atoms with van der Waals surface area (Å²) in [5.74, 6) is 0. The third kappa shape index (κ3) is 3.56. The van der Waals surface area contributed by atoms with Gasteiger partial charge in [-0.2, -0.15) is 0 Å². The summed E-state index contributed by atoms with van der Waals surface area (Å²) in [6.45, 7) is 0. The first kappa shape index (κ1) is 26.5. The van der Waals surface area contributed by atoms with E-state index in [9.17, 15) is 0 Å². The van der Waals surface area contributed by atoms with Crippen LogP contribution in [0.4, 0.5) is 0 Å². The average Bonchev–Trinajstić information content (AvgIpc) is 3.82. The predicted molar refractivity (Wildman–Crippen MR) is 207 cm³/mol. The van der Waals surface area contributed by atoms with Crippen LogP contribution >= 0.6 is 0 Å². The highest BCUT2D eigenvalue weighted by molar-refractivity contribution is 6.36. The van der Waals surface area contributed by atoms with Gasteiger partial charge < -0.3 is 13.7 Å². The van der Waals surface area contributed by atoms with Gasteiger partial charge in [-0.25, -0.2) is 0 Å². The molecule has 0 atom stereocenters. The molecule has 8 aromatic carbocycles. The Morgan fingerprint density at radius 2 is 0.694 bits per heavy atom. The first-order chi connectivity index (χ1) is 24.4. The summed E-state index contributed by atoms with van der Waals surface area (Å²) >= 11 is 0. The topological polar surface area (TPSA) is 14.8 Å². The summed E-state index contributed by atoms with van der Waals surface area (Å²) in [7, 11) is 0. The van der Waals surface area contributed by atoms with Crippen molar-refractivity contribution in [2.45, 2.75) is 0 Å². The normalized spacial score (nSPS) is 12.1. The second kappa shape index (κ2) is 9.96. The van der Waals surface area contributed by atoms with E-state index in [2.05, 4.69) is 190 Å². The quantitative estimate of drug-likeness (QED) is 0.186. The fraction of sp³-hybridized carbons (Fsp3) is 0. The smallest absolute Gasteiger partial charge is 0.0647 e. The lowest BCUT2D eigenvalue weighted by molar-refractivity contribution is 1.17. The van der Waals surface area contributed by atoms with Crippen LogP contribution in [0.5, 0.6) is 0 Å². The first-order valence-electron chi connectivity index (χ1n) is 16.9. The zero-order valence-corrected chi connectivity index (χ0v) is 26.6. The second-order valence-electron chi connectivity index (χ2n) is 12.9. The summed E-state index contributed by atoms with van der Waals surface area (Å²) in [4.78, 5) is 0. The molecule has 0 saturated heterocycles. The van der Waals surface area contributed by atoms with E-state index in [0.29, 0.717) is 0 Å². The highest BCUT2D eigenvalue weighted by Gasteiger charge is 2.24. The van der Waals surface area contributed by atoms with Crippen LogP contribution < -0.4 is 0 Å². The molecule has 0 N–H and O–H groups in total. The number of rotatable bonds is 3. The van der Waals surface area contributed by atoms with Crippen LogP contribution in [0.2, 0.25) is 0 Å². The largest absolute Gasteiger partial charge is 0.309 e. The Morgan fingerprint density at radius 3 is 1.35 bits per heavy atom. The van der Waals surface area contributed by atoms with Crippen molar-refractivity contribution in [2.75, 3.05) is 0 Å². The van der Waals surface area contributed by atoms with Gasteiger partial charge in [0.05, 0.1) is 33.1 Å².